The molecular formula is C28H29N3O5. The third kappa shape index (κ3) is 5.44. The molecule has 2 heterocycles. The summed E-state index contributed by atoms with van der Waals surface area (Å²) in [6.07, 6.45) is 2.02. The Bertz CT molecular complexity index is 1230. The number of nitrogens with one attached hydrogen (secondary N) is 2. The van der Waals surface area contributed by atoms with Crippen LogP contribution in [0, 0.1) is 0 Å². The summed E-state index contributed by atoms with van der Waals surface area (Å²) in [5.74, 6) is 1.95. The van der Waals surface area contributed by atoms with E-state index in [2.05, 4.69) is 21.6 Å². The largest absolute Gasteiger partial charge is 0.497 e. The zero-order valence-corrected chi connectivity index (χ0v) is 20.2. The van der Waals surface area contributed by atoms with Gasteiger partial charge in [0.05, 0.1) is 13.7 Å². The number of amides is 2. The van der Waals surface area contributed by atoms with Gasteiger partial charge in [-0.15, -0.1) is 0 Å². The molecule has 2 N–H and O–H groups in total. The van der Waals surface area contributed by atoms with Crippen molar-refractivity contribution in [1.82, 2.24) is 4.90 Å². The molecule has 8 heteroatoms. The third-order valence-corrected chi connectivity index (χ3v) is 6.44. The molecule has 0 saturated carbocycles. The summed E-state index contributed by atoms with van der Waals surface area (Å²) in [5, 5.41) is 5.80. The van der Waals surface area contributed by atoms with Gasteiger partial charge in [-0.1, -0.05) is 6.07 Å². The van der Waals surface area contributed by atoms with Gasteiger partial charge in [-0.25, -0.2) is 0 Å². The molecule has 3 aromatic carbocycles. The van der Waals surface area contributed by atoms with Gasteiger partial charge < -0.3 is 24.8 Å². The number of anilines is 2. The van der Waals surface area contributed by atoms with Crippen molar-refractivity contribution in [1.29, 1.82) is 0 Å². The molecule has 1 atom stereocenters. The van der Waals surface area contributed by atoms with Gasteiger partial charge in [-0.05, 0) is 85.6 Å². The molecule has 0 aromatic heterocycles. The molecule has 0 aliphatic carbocycles. The average molecular weight is 488 g/mol. The summed E-state index contributed by atoms with van der Waals surface area (Å²) in [4.78, 5) is 27.5. The van der Waals surface area contributed by atoms with Crippen LogP contribution in [-0.2, 0) is 4.79 Å². The van der Waals surface area contributed by atoms with Gasteiger partial charge in [0.2, 0.25) is 5.91 Å². The summed E-state index contributed by atoms with van der Waals surface area (Å²) in [7, 11) is 1.59. The summed E-state index contributed by atoms with van der Waals surface area (Å²) in [5.41, 5.74) is 2.96. The minimum atomic E-state index is -0.225. The van der Waals surface area contributed by atoms with E-state index in [0.717, 1.165) is 42.2 Å². The van der Waals surface area contributed by atoms with E-state index < -0.39 is 0 Å². The Morgan fingerprint density at radius 1 is 0.917 bits per heavy atom. The van der Waals surface area contributed by atoms with Gasteiger partial charge in [0.1, 0.15) is 19.0 Å². The van der Waals surface area contributed by atoms with E-state index in [-0.39, 0.29) is 17.9 Å². The number of rotatable bonds is 7. The van der Waals surface area contributed by atoms with E-state index >= 15 is 0 Å². The number of methoxy groups -OCH3 is 1. The van der Waals surface area contributed by atoms with Crippen molar-refractivity contribution in [3.05, 3.63) is 77.9 Å². The predicted octanol–water partition coefficient (Wildman–Crippen LogP) is 4.49. The van der Waals surface area contributed by atoms with E-state index in [0.29, 0.717) is 36.7 Å². The number of hydrogen-bond acceptors (Lipinski definition) is 6. The van der Waals surface area contributed by atoms with Gasteiger partial charge in [0.15, 0.2) is 11.5 Å². The van der Waals surface area contributed by atoms with Crippen LogP contribution >= 0.6 is 0 Å². The molecule has 1 saturated heterocycles. The Morgan fingerprint density at radius 2 is 1.61 bits per heavy atom. The number of ether oxygens (including phenoxy) is 3. The molecule has 1 fully saturated rings. The zero-order chi connectivity index (χ0) is 24.9. The summed E-state index contributed by atoms with van der Waals surface area (Å²) in [6, 6.07) is 20.2. The van der Waals surface area contributed by atoms with Crippen molar-refractivity contribution in [2.24, 2.45) is 0 Å². The molecule has 0 spiro atoms. The maximum Gasteiger partial charge on any atom is 0.255 e. The monoisotopic (exact) mass is 487 g/mol. The Balaban J connectivity index is 1.16. The summed E-state index contributed by atoms with van der Waals surface area (Å²) >= 11 is 0. The first kappa shape index (κ1) is 23.7. The van der Waals surface area contributed by atoms with E-state index in [1.54, 1.807) is 55.6 Å². The second-order valence-electron chi connectivity index (χ2n) is 8.84. The zero-order valence-electron chi connectivity index (χ0n) is 20.2. The van der Waals surface area contributed by atoms with E-state index in [1.807, 2.05) is 12.1 Å². The number of hydrogen-bond donors (Lipinski definition) is 2. The van der Waals surface area contributed by atoms with Crippen LogP contribution in [0.25, 0.3) is 0 Å². The molecule has 0 bridgehead atoms. The van der Waals surface area contributed by atoms with Crippen LogP contribution in [0.2, 0.25) is 0 Å². The standard InChI is InChI=1S/C28H29N3O5/c1-34-23-11-9-22(10-12-23)30-28(33)19-4-7-21(8-5-19)29-27(32)18-31-14-2-3-24(31)20-6-13-25-26(17-20)36-16-15-35-25/h4-13,17,24H,2-3,14-16,18H2,1H3,(H,29,32)(H,30,33)/t24-/m1/s1. The van der Waals surface area contributed by atoms with E-state index in [4.69, 9.17) is 14.2 Å². The number of carbonyl (C=O) groups is 2. The smallest absolute Gasteiger partial charge is 0.255 e. The van der Waals surface area contributed by atoms with Gasteiger partial charge in [-0.3, -0.25) is 14.5 Å². The first-order valence-electron chi connectivity index (χ1n) is 12.1. The SMILES string of the molecule is COc1ccc(NC(=O)c2ccc(NC(=O)CN3CCC[C@@H]3c3ccc4c(c3)OCCO4)cc2)cc1. The van der Waals surface area contributed by atoms with Gasteiger partial charge >= 0.3 is 0 Å². The van der Waals surface area contributed by atoms with Crippen molar-refractivity contribution in [3.63, 3.8) is 0 Å². The molecular weight excluding hydrogens is 458 g/mol. The van der Waals surface area contributed by atoms with Crippen LogP contribution in [0.1, 0.15) is 34.8 Å². The maximum absolute atomic E-state index is 12.8. The third-order valence-electron chi connectivity index (χ3n) is 6.44. The predicted molar refractivity (Wildman–Crippen MR) is 137 cm³/mol. The fraction of sp³-hybridized carbons (Fsp3) is 0.286. The first-order valence-corrected chi connectivity index (χ1v) is 12.1. The Hall–Kier alpha value is -4.04. The highest BCUT2D eigenvalue weighted by atomic mass is 16.6. The summed E-state index contributed by atoms with van der Waals surface area (Å²) in [6.45, 7) is 2.27. The fourth-order valence-corrected chi connectivity index (χ4v) is 4.63. The normalized spacial score (nSPS) is 16.9. The van der Waals surface area contributed by atoms with Crippen LogP contribution in [-0.4, -0.2) is 50.1 Å². The van der Waals surface area contributed by atoms with Gasteiger partial charge in [0, 0.05) is 23.0 Å². The molecule has 186 valence electrons. The lowest BCUT2D eigenvalue weighted by atomic mass is 10.0. The molecule has 3 aromatic rings. The van der Waals surface area contributed by atoms with Crippen molar-refractivity contribution in [3.8, 4) is 17.2 Å². The minimum absolute atomic E-state index is 0.0881. The molecule has 5 rings (SSSR count). The highest BCUT2D eigenvalue weighted by Gasteiger charge is 2.28. The van der Waals surface area contributed by atoms with Gasteiger partial charge in [0.25, 0.3) is 5.91 Å². The highest BCUT2D eigenvalue weighted by molar-refractivity contribution is 6.04. The van der Waals surface area contributed by atoms with Crippen LogP contribution < -0.4 is 24.8 Å². The van der Waals surface area contributed by atoms with Crippen LogP contribution in [0.15, 0.2) is 66.7 Å². The Kier molecular flexibility index (Phi) is 7.04. The van der Waals surface area contributed by atoms with Crippen molar-refractivity contribution >= 4 is 23.2 Å². The molecule has 2 aliphatic rings. The minimum Gasteiger partial charge on any atom is -0.497 e. The second-order valence-corrected chi connectivity index (χ2v) is 8.84. The average Bonchev–Trinajstić information content (AvgIpc) is 3.37. The lowest BCUT2D eigenvalue weighted by Crippen LogP contribution is -2.33. The molecule has 8 nitrogen and oxygen atoms in total. The number of nitrogens with zero attached hydrogens (tertiary/aromatic N) is 1. The summed E-state index contributed by atoms with van der Waals surface area (Å²) < 4.78 is 16.5. The van der Waals surface area contributed by atoms with Crippen LogP contribution in [0.3, 0.4) is 0 Å². The first-order chi connectivity index (χ1) is 17.6. The quantitative estimate of drug-likeness (QED) is 0.510. The molecule has 36 heavy (non-hydrogen) atoms. The Morgan fingerprint density at radius 3 is 2.36 bits per heavy atom. The second kappa shape index (κ2) is 10.7. The van der Waals surface area contributed by atoms with Crippen molar-refractivity contribution in [2.75, 3.05) is 44.0 Å². The molecule has 0 unspecified atom stereocenters. The molecule has 2 aliphatic heterocycles. The maximum atomic E-state index is 12.8. The topological polar surface area (TPSA) is 89.1 Å². The van der Waals surface area contributed by atoms with Crippen LogP contribution in [0.5, 0.6) is 17.2 Å². The Labute approximate surface area is 210 Å². The molecule has 0 radical (unpaired) electrons. The van der Waals surface area contributed by atoms with Gasteiger partial charge in [-0.2, -0.15) is 0 Å². The number of benzene rings is 3. The highest BCUT2D eigenvalue weighted by Crippen LogP contribution is 2.38. The lowest BCUT2D eigenvalue weighted by Gasteiger charge is -2.26. The van der Waals surface area contributed by atoms with E-state index in [9.17, 15) is 9.59 Å². The number of carbonyl (C=O) groups excluding carboxylic acids is 2. The van der Waals surface area contributed by atoms with Crippen molar-refractivity contribution < 1.29 is 23.8 Å². The fourth-order valence-electron chi connectivity index (χ4n) is 4.63. The van der Waals surface area contributed by atoms with Crippen molar-refractivity contribution in [2.45, 2.75) is 18.9 Å². The van der Waals surface area contributed by atoms with E-state index in [1.165, 1.54) is 0 Å². The number of likely N-dealkylation sites (tertiary alicyclic amines) is 1. The molecule has 2 amide bonds. The van der Waals surface area contributed by atoms with Crippen LogP contribution in [0.4, 0.5) is 11.4 Å². The lowest BCUT2D eigenvalue weighted by molar-refractivity contribution is -0.117. The number of fused-ring (bicyclic) bond motifs is 1.